The van der Waals surface area contributed by atoms with E-state index in [9.17, 15) is 9.18 Å². The maximum Gasteiger partial charge on any atom is 0.224 e. The highest BCUT2D eigenvalue weighted by Gasteiger charge is 2.02. The summed E-state index contributed by atoms with van der Waals surface area (Å²) in [7, 11) is 0. The van der Waals surface area contributed by atoms with E-state index in [0.717, 1.165) is 0 Å². The molecule has 0 aliphatic heterocycles. The van der Waals surface area contributed by atoms with E-state index in [4.69, 9.17) is 10.5 Å². The molecule has 4 nitrogen and oxygen atoms in total. The van der Waals surface area contributed by atoms with Crippen LogP contribution in [-0.2, 0) is 4.79 Å². The molecule has 0 saturated heterocycles. The van der Waals surface area contributed by atoms with E-state index in [-0.39, 0.29) is 24.9 Å². The number of carbonyl (C=O) groups is 1. The first-order chi connectivity index (χ1) is 8.26. The molecule has 0 spiro atoms. The number of ether oxygens (including phenoxy) is 1. The molecule has 0 aliphatic rings. The maximum absolute atomic E-state index is 11.9. The summed E-state index contributed by atoms with van der Waals surface area (Å²) < 4.78 is 17.0. The monoisotopic (exact) mass is 276 g/mol. The van der Waals surface area contributed by atoms with Crippen LogP contribution < -0.4 is 15.8 Å². The zero-order chi connectivity index (χ0) is 12.5. The molecule has 0 heterocycles. The van der Waals surface area contributed by atoms with Crippen LogP contribution in [0.25, 0.3) is 0 Å². The lowest BCUT2D eigenvalue weighted by Gasteiger charge is -2.07. The first-order valence-electron chi connectivity index (χ1n) is 5.55. The van der Waals surface area contributed by atoms with Crippen LogP contribution in [-0.4, -0.2) is 25.7 Å². The smallest absolute Gasteiger partial charge is 0.224 e. The molecule has 0 atom stereocenters. The predicted molar refractivity (Wildman–Crippen MR) is 72.1 cm³/mol. The second kappa shape index (κ2) is 9.67. The van der Waals surface area contributed by atoms with E-state index in [1.54, 1.807) is 24.3 Å². The fourth-order valence-electron chi connectivity index (χ4n) is 1.31. The van der Waals surface area contributed by atoms with Gasteiger partial charge in [-0.15, -0.1) is 12.4 Å². The molecule has 1 amide bonds. The summed E-state index contributed by atoms with van der Waals surface area (Å²) in [5.41, 5.74) is 5.96. The number of anilines is 1. The summed E-state index contributed by atoms with van der Waals surface area (Å²) in [5, 5.41) is 2.73. The van der Waals surface area contributed by atoms with E-state index in [0.29, 0.717) is 30.8 Å². The molecule has 102 valence electrons. The van der Waals surface area contributed by atoms with Crippen LogP contribution in [0.1, 0.15) is 12.8 Å². The third kappa shape index (κ3) is 6.42. The lowest BCUT2D eigenvalue weighted by molar-refractivity contribution is -0.116. The fourth-order valence-corrected chi connectivity index (χ4v) is 1.31. The highest BCUT2D eigenvalue weighted by atomic mass is 35.5. The number of alkyl halides is 1. The number of amides is 1. The number of hydrogen-bond donors (Lipinski definition) is 2. The van der Waals surface area contributed by atoms with Gasteiger partial charge in [0.1, 0.15) is 19.0 Å². The number of carbonyl (C=O) groups excluding carboxylic acids is 1. The highest BCUT2D eigenvalue weighted by Crippen LogP contribution is 2.17. The normalized spacial score (nSPS) is 9.44. The van der Waals surface area contributed by atoms with Crippen molar-refractivity contribution in [2.24, 2.45) is 5.73 Å². The van der Waals surface area contributed by atoms with E-state index in [1.165, 1.54) is 0 Å². The molecule has 0 fully saturated rings. The minimum Gasteiger partial charge on any atom is -0.491 e. The summed E-state index contributed by atoms with van der Waals surface area (Å²) in [6.07, 6.45) is 1.05. The minimum absolute atomic E-state index is 0. The molecule has 6 heteroatoms. The molecule has 1 rings (SSSR count). The van der Waals surface area contributed by atoms with Crippen LogP contribution >= 0.6 is 12.4 Å². The van der Waals surface area contributed by atoms with Crippen LogP contribution in [0.3, 0.4) is 0 Å². The van der Waals surface area contributed by atoms with Crippen molar-refractivity contribution < 1.29 is 13.9 Å². The van der Waals surface area contributed by atoms with Gasteiger partial charge in [-0.1, -0.05) is 6.07 Å². The van der Waals surface area contributed by atoms with Crippen molar-refractivity contribution in [2.45, 2.75) is 12.8 Å². The third-order valence-corrected chi connectivity index (χ3v) is 2.07. The number of hydrogen-bond acceptors (Lipinski definition) is 3. The van der Waals surface area contributed by atoms with Crippen molar-refractivity contribution in [3.05, 3.63) is 24.3 Å². The average molecular weight is 277 g/mol. The lowest BCUT2D eigenvalue weighted by atomic mass is 10.2. The Labute approximate surface area is 112 Å². The van der Waals surface area contributed by atoms with Crippen molar-refractivity contribution in [1.82, 2.24) is 0 Å². The van der Waals surface area contributed by atoms with Gasteiger partial charge in [0.15, 0.2) is 0 Å². The maximum atomic E-state index is 11.9. The van der Waals surface area contributed by atoms with E-state index in [1.807, 2.05) is 0 Å². The van der Waals surface area contributed by atoms with Crippen LogP contribution in [0.4, 0.5) is 10.1 Å². The molecule has 18 heavy (non-hydrogen) atoms. The summed E-state index contributed by atoms with van der Waals surface area (Å²) in [5.74, 6) is 0.456. The molecule has 0 unspecified atom stereocenters. The Bertz CT molecular complexity index is 364. The van der Waals surface area contributed by atoms with E-state index < -0.39 is 6.67 Å². The van der Waals surface area contributed by atoms with Crippen LogP contribution in [0, 0.1) is 0 Å². The first kappa shape index (κ1) is 16.7. The zero-order valence-corrected chi connectivity index (χ0v) is 10.8. The zero-order valence-electron chi connectivity index (χ0n) is 10.0. The topological polar surface area (TPSA) is 64.4 Å². The molecule has 0 aliphatic carbocycles. The molecule has 0 saturated carbocycles. The second-order valence-electron chi connectivity index (χ2n) is 3.51. The van der Waals surface area contributed by atoms with Gasteiger partial charge in [-0.3, -0.25) is 4.79 Å². The van der Waals surface area contributed by atoms with Crippen LogP contribution in [0.15, 0.2) is 24.3 Å². The molecule has 3 N–H and O–H groups in total. The minimum atomic E-state index is -0.535. The number of nitrogens with two attached hydrogens (primary N) is 1. The summed E-state index contributed by atoms with van der Waals surface area (Å²) >= 11 is 0. The first-order valence-corrected chi connectivity index (χ1v) is 5.55. The van der Waals surface area contributed by atoms with E-state index >= 15 is 0 Å². The van der Waals surface area contributed by atoms with E-state index in [2.05, 4.69) is 5.32 Å². The Kier molecular flexibility index (Phi) is 8.96. The number of halogens is 2. The molecule has 1 aromatic rings. The molecule has 1 aromatic carbocycles. The Morgan fingerprint density at radius 1 is 1.44 bits per heavy atom. The summed E-state index contributed by atoms with van der Waals surface area (Å²) in [4.78, 5) is 11.4. The van der Waals surface area contributed by atoms with Crippen molar-refractivity contribution in [1.29, 1.82) is 0 Å². The Hall–Kier alpha value is -1.33. The number of rotatable bonds is 7. The van der Waals surface area contributed by atoms with Gasteiger partial charge in [-0.25, -0.2) is 4.39 Å². The van der Waals surface area contributed by atoms with Crippen LogP contribution in [0.5, 0.6) is 5.75 Å². The van der Waals surface area contributed by atoms with Gasteiger partial charge in [0.2, 0.25) is 5.91 Å². The summed E-state index contributed by atoms with van der Waals surface area (Å²) in [6, 6.07) is 6.87. The van der Waals surface area contributed by atoms with Gasteiger partial charge in [0, 0.05) is 18.2 Å². The standard InChI is InChI=1S/C12H17FN2O2.ClH/c13-6-8-17-11-4-1-3-10(9-11)15-12(16)5-2-7-14;/h1,3-4,9H,2,5-8,14H2,(H,15,16);1H. The Morgan fingerprint density at radius 2 is 2.22 bits per heavy atom. The molecule has 0 bridgehead atoms. The van der Waals surface area contributed by atoms with Gasteiger partial charge in [0.05, 0.1) is 0 Å². The third-order valence-electron chi connectivity index (χ3n) is 2.07. The number of nitrogens with one attached hydrogen (secondary N) is 1. The molecular formula is C12H18ClFN2O2. The van der Waals surface area contributed by atoms with Crippen molar-refractivity contribution in [3.63, 3.8) is 0 Å². The van der Waals surface area contributed by atoms with Crippen molar-refractivity contribution in [2.75, 3.05) is 25.1 Å². The van der Waals surface area contributed by atoms with Crippen LogP contribution in [0.2, 0.25) is 0 Å². The van der Waals surface area contributed by atoms with Crippen molar-refractivity contribution in [3.8, 4) is 5.75 Å². The van der Waals surface area contributed by atoms with Gasteiger partial charge in [-0.2, -0.15) is 0 Å². The second-order valence-corrected chi connectivity index (χ2v) is 3.51. The molecule has 0 radical (unpaired) electrons. The molecule has 0 aromatic heterocycles. The lowest BCUT2D eigenvalue weighted by Crippen LogP contribution is -2.13. The Morgan fingerprint density at radius 3 is 2.89 bits per heavy atom. The van der Waals surface area contributed by atoms with Gasteiger partial charge in [0.25, 0.3) is 0 Å². The van der Waals surface area contributed by atoms with Gasteiger partial charge >= 0.3 is 0 Å². The quantitative estimate of drug-likeness (QED) is 0.802. The van der Waals surface area contributed by atoms with Crippen molar-refractivity contribution >= 4 is 24.0 Å². The molecular weight excluding hydrogens is 259 g/mol. The average Bonchev–Trinajstić information content (AvgIpc) is 2.34. The number of benzene rings is 1. The van der Waals surface area contributed by atoms with Gasteiger partial charge in [-0.05, 0) is 25.1 Å². The fraction of sp³-hybridized carbons (Fsp3) is 0.417. The van der Waals surface area contributed by atoms with Gasteiger partial charge < -0.3 is 15.8 Å². The predicted octanol–water partition coefficient (Wildman–Crippen LogP) is 2.13. The highest BCUT2D eigenvalue weighted by molar-refractivity contribution is 5.90. The summed E-state index contributed by atoms with van der Waals surface area (Å²) in [6.45, 7) is -0.0231. The SMILES string of the molecule is Cl.NCCCC(=O)Nc1cccc(OCCF)c1. The Balaban J connectivity index is 0.00000289. The largest absolute Gasteiger partial charge is 0.491 e.